The SMILES string of the molecule is Nc1ccc(-c2cn3c(-c4cccc(Cl)c4)cnc3cn2)cn1. The summed E-state index contributed by atoms with van der Waals surface area (Å²) in [7, 11) is 0. The van der Waals surface area contributed by atoms with Crippen molar-refractivity contribution in [1.82, 2.24) is 19.4 Å². The van der Waals surface area contributed by atoms with Crippen molar-refractivity contribution >= 4 is 23.1 Å². The van der Waals surface area contributed by atoms with Crippen molar-refractivity contribution in [1.29, 1.82) is 0 Å². The number of benzene rings is 1. The van der Waals surface area contributed by atoms with E-state index in [0.717, 1.165) is 28.2 Å². The lowest BCUT2D eigenvalue weighted by atomic mass is 10.1. The molecule has 112 valence electrons. The lowest BCUT2D eigenvalue weighted by Crippen LogP contribution is -1.94. The number of aromatic nitrogens is 4. The smallest absolute Gasteiger partial charge is 0.155 e. The maximum absolute atomic E-state index is 6.09. The Bertz CT molecular complexity index is 991. The fourth-order valence-electron chi connectivity index (χ4n) is 2.46. The molecule has 0 aliphatic rings. The molecule has 0 aliphatic carbocycles. The van der Waals surface area contributed by atoms with Gasteiger partial charge in [0.1, 0.15) is 5.82 Å². The van der Waals surface area contributed by atoms with Gasteiger partial charge in [-0.3, -0.25) is 9.38 Å². The molecule has 0 atom stereocenters. The first-order valence-electron chi connectivity index (χ1n) is 7.02. The second kappa shape index (κ2) is 5.37. The van der Waals surface area contributed by atoms with Gasteiger partial charge in [0.2, 0.25) is 0 Å². The zero-order chi connectivity index (χ0) is 15.8. The molecule has 4 aromatic rings. The third-order valence-electron chi connectivity index (χ3n) is 3.60. The fraction of sp³-hybridized carbons (Fsp3) is 0. The van der Waals surface area contributed by atoms with Crippen LogP contribution in [-0.2, 0) is 0 Å². The molecule has 0 spiro atoms. The van der Waals surface area contributed by atoms with E-state index in [9.17, 15) is 0 Å². The number of hydrogen-bond donors (Lipinski definition) is 1. The summed E-state index contributed by atoms with van der Waals surface area (Å²) in [6, 6.07) is 11.3. The number of nitrogen functional groups attached to an aromatic ring is 1. The number of rotatable bonds is 2. The number of pyridine rings is 1. The van der Waals surface area contributed by atoms with Crippen molar-refractivity contribution in [3.05, 3.63) is 66.2 Å². The Morgan fingerprint density at radius 1 is 0.913 bits per heavy atom. The number of anilines is 1. The molecule has 6 heteroatoms. The minimum absolute atomic E-state index is 0.483. The molecule has 3 heterocycles. The summed E-state index contributed by atoms with van der Waals surface area (Å²) in [6.07, 6.45) is 7.19. The maximum Gasteiger partial charge on any atom is 0.155 e. The van der Waals surface area contributed by atoms with E-state index >= 15 is 0 Å². The summed E-state index contributed by atoms with van der Waals surface area (Å²) in [4.78, 5) is 12.9. The van der Waals surface area contributed by atoms with Gasteiger partial charge in [0, 0.05) is 28.5 Å². The predicted molar refractivity (Wildman–Crippen MR) is 91.1 cm³/mol. The number of nitrogens with zero attached hydrogens (tertiary/aromatic N) is 4. The van der Waals surface area contributed by atoms with Gasteiger partial charge in [0.15, 0.2) is 5.65 Å². The minimum atomic E-state index is 0.483. The first-order valence-corrected chi connectivity index (χ1v) is 7.39. The monoisotopic (exact) mass is 321 g/mol. The van der Waals surface area contributed by atoms with Crippen LogP contribution in [0.25, 0.3) is 28.2 Å². The first kappa shape index (κ1) is 13.7. The van der Waals surface area contributed by atoms with Crippen molar-refractivity contribution < 1.29 is 0 Å². The molecule has 0 aliphatic heterocycles. The van der Waals surface area contributed by atoms with Gasteiger partial charge in [0.05, 0.1) is 23.8 Å². The Balaban J connectivity index is 1.88. The van der Waals surface area contributed by atoms with Crippen molar-refractivity contribution in [2.24, 2.45) is 0 Å². The quantitative estimate of drug-likeness (QED) is 0.611. The molecule has 4 rings (SSSR count). The molecule has 5 nitrogen and oxygen atoms in total. The van der Waals surface area contributed by atoms with E-state index in [0.29, 0.717) is 10.8 Å². The molecule has 0 radical (unpaired) electrons. The molecule has 0 saturated carbocycles. The number of fused-ring (bicyclic) bond motifs is 1. The number of nitrogens with two attached hydrogens (primary N) is 1. The summed E-state index contributed by atoms with van der Waals surface area (Å²) in [5, 5.41) is 0.689. The molecule has 2 N–H and O–H groups in total. The van der Waals surface area contributed by atoms with Crippen LogP contribution in [0.4, 0.5) is 5.82 Å². The van der Waals surface area contributed by atoms with Crippen LogP contribution in [0, 0.1) is 0 Å². The minimum Gasteiger partial charge on any atom is -0.384 e. The van der Waals surface area contributed by atoms with Crippen molar-refractivity contribution in [3.63, 3.8) is 0 Å². The van der Waals surface area contributed by atoms with Gasteiger partial charge in [-0.1, -0.05) is 23.7 Å². The molecule has 3 aromatic heterocycles. The summed E-state index contributed by atoms with van der Waals surface area (Å²) >= 11 is 6.09. The highest BCUT2D eigenvalue weighted by Crippen LogP contribution is 2.25. The first-order chi connectivity index (χ1) is 11.2. The predicted octanol–water partition coefficient (Wildman–Crippen LogP) is 3.69. The van der Waals surface area contributed by atoms with E-state index in [-0.39, 0.29) is 0 Å². The molecule has 23 heavy (non-hydrogen) atoms. The highest BCUT2D eigenvalue weighted by Gasteiger charge is 2.09. The normalized spacial score (nSPS) is 11.0. The van der Waals surface area contributed by atoms with Gasteiger partial charge in [-0.2, -0.15) is 0 Å². The highest BCUT2D eigenvalue weighted by atomic mass is 35.5. The van der Waals surface area contributed by atoms with E-state index in [1.807, 2.05) is 47.1 Å². The van der Waals surface area contributed by atoms with Crippen LogP contribution in [-0.4, -0.2) is 19.4 Å². The van der Waals surface area contributed by atoms with Gasteiger partial charge in [-0.15, -0.1) is 0 Å². The molecule has 0 saturated heterocycles. The van der Waals surface area contributed by atoms with Crippen LogP contribution in [0.15, 0.2) is 61.2 Å². The zero-order valence-electron chi connectivity index (χ0n) is 12.0. The van der Waals surface area contributed by atoms with Gasteiger partial charge < -0.3 is 5.73 Å². The van der Waals surface area contributed by atoms with Crippen molar-refractivity contribution in [2.75, 3.05) is 5.73 Å². The molecule has 0 fully saturated rings. The van der Waals surface area contributed by atoms with Crippen LogP contribution in [0.3, 0.4) is 0 Å². The number of imidazole rings is 1. The van der Waals surface area contributed by atoms with Crippen LogP contribution in [0.5, 0.6) is 0 Å². The van der Waals surface area contributed by atoms with Crippen LogP contribution in [0.2, 0.25) is 5.02 Å². The Morgan fingerprint density at radius 2 is 1.83 bits per heavy atom. The molecule has 1 aromatic carbocycles. The average molecular weight is 322 g/mol. The zero-order valence-corrected chi connectivity index (χ0v) is 12.8. The third-order valence-corrected chi connectivity index (χ3v) is 3.83. The Labute approximate surface area is 137 Å². The maximum atomic E-state index is 6.09. The van der Waals surface area contributed by atoms with Crippen LogP contribution >= 0.6 is 11.6 Å². The molecule has 0 amide bonds. The highest BCUT2D eigenvalue weighted by molar-refractivity contribution is 6.30. The standard InChI is InChI=1S/C17H12ClN5/c18-13-3-1-2-11(6-13)15-8-22-17-9-20-14(10-23(15)17)12-4-5-16(19)21-7-12/h1-10H,(H2,19,21). The number of halogens is 1. The molecule has 0 unspecified atom stereocenters. The van der Waals surface area contributed by atoms with E-state index < -0.39 is 0 Å². The second-order valence-corrected chi connectivity index (χ2v) is 5.56. The summed E-state index contributed by atoms with van der Waals surface area (Å²) < 4.78 is 1.99. The van der Waals surface area contributed by atoms with E-state index in [1.54, 1.807) is 18.5 Å². The van der Waals surface area contributed by atoms with Crippen LogP contribution in [0.1, 0.15) is 0 Å². The van der Waals surface area contributed by atoms with Crippen molar-refractivity contribution in [2.45, 2.75) is 0 Å². The molecular weight excluding hydrogens is 310 g/mol. The molecular formula is C17H12ClN5. The third kappa shape index (κ3) is 2.51. The number of hydrogen-bond acceptors (Lipinski definition) is 4. The van der Waals surface area contributed by atoms with Gasteiger partial charge in [0.25, 0.3) is 0 Å². The largest absolute Gasteiger partial charge is 0.384 e. The van der Waals surface area contributed by atoms with Crippen molar-refractivity contribution in [3.8, 4) is 22.5 Å². The second-order valence-electron chi connectivity index (χ2n) is 5.13. The van der Waals surface area contributed by atoms with Gasteiger partial charge in [-0.25, -0.2) is 9.97 Å². The summed E-state index contributed by atoms with van der Waals surface area (Å²) in [5.74, 6) is 0.483. The summed E-state index contributed by atoms with van der Waals surface area (Å²) in [6.45, 7) is 0. The Morgan fingerprint density at radius 3 is 2.61 bits per heavy atom. The van der Waals surface area contributed by atoms with Gasteiger partial charge in [-0.05, 0) is 24.3 Å². The Kier molecular flexibility index (Phi) is 3.20. The average Bonchev–Trinajstić information content (AvgIpc) is 2.98. The van der Waals surface area contributed by atoms with Crippen LogP contribution < -0.4 is 5.73 Å². The van der Waals surface area contributed by atoms with Gasteiger partial charge >= 0.3 is 0 Å². The lowest BCUT2D eigenvalue weighted by Gasteiger charge is -2.05. The van der Waals surface area contributed by atoms with E-state index in [1.165, 1.54) is 0 Å². The Hall–Kier alpha value is -2.92. The van der Waals surface area contributed by atoms with E-state index in [2.05, 4.69) is 15.0 Å². The topological polar surface area (TPSA) is 69.1 Å². The van der Waals surface area contributed by atoms with E-state index in [4.69, 9.17) is 17.3 Å². The lowest BCUT2D eigenvalue weighted by molar-refractivity contribution is 1.13. The molecule has 0 bridgehead atoms. The summed E-state index contributed by atoms with van der Waals surface area (Å²) in [5.41, 5.74) is 10.0. The fourth-order valence-corrected chi connectivity index (χ4v) is 2.65.